The summed E-state index contributed by atoms with van der Waals surface area (Å²) in [4.78, 5) is 10.8. The number of aliphatic carboxylic acids is 1. The molecule has 0 aromatic rings. The molecular formula is C11H23NO2. The van der Waals surface area contributed by atoms with Crippen LogP contribution in [0, 0.1) is 11.3 Å². The third-order valence-corrected chi connectivity index (χ3v) is 2.70. The van der Waals surface area contributed by atoms with E-state index in [0.717, 1.165) is 19.5 Å². The van der Waals surface area contributed by atoms with E-state index in [4.69, 9.17) is 5.11 Å². The normalized spacial score (nSPS) is 14.0. The molecule has 0 aromatic carbocycles. The first-order chi connectivity index (χ1) is 6.40. The predicted octanol–water partition coefficient (Wildman–Crippen LogP) is 2.12. The minimum Gasteiger partial charge on any atom is -0.481 e. The Labute approximate surface area is 86.9 Å². The smallest absolute Gasteiger partial charge is 0.309 e. The van der Waals surface area contributed by atoms with Gasteiger partial charge in [0.2, 0.25) is 0 Å². The first-order valence-electron chi connectivity index (χ1n) is 5.34. The van der Waals surface area contributed by atoms with E-state index in [1.165, 1.54) is 0 Å². The fourth-order valence-corrected chi connectivity index (χ4v) is 1.00. The minimum absolute atomic E-state index is 0.609. The van der Waals surface area contributed by atoms with E-state index in [1.807, 2.05) is 0 Å². The molecule has 0 fully saturated rings. The molecule has 0 aliphatic heterocycles. The summed E-state index contributed by atoms with van der Waals surface area (Å²) in [7, 11) is 0. The molecule has 0 aliphatic rings. The minimum atomic E-state index is -0.720. The fraction of sp³-hybridized carbons (Fsp3) is 0.909. The van der Waals surface area contributed by atoms with Crippen molar-refractivity contribution in [2.75, 3.05) is 13.1 Å². The van der Waals surface area contributed by atoms with Gasteiger partial charge in [-0.25, -0.2) is 0 Å². The van der Waals surface area contributed by atoms with E-state index in [2.05, 4.69) is 19.2 Å². The van der Waals surface area contributed by atoms with Gasteiger partial charge in [-0.3, -0.25) is 4.79 Å². The molecule has 3 heteroatoms. The number of carbonyl (C=O) groups is 1. The zero-order chi connectivity index (χ0) is 11.2. The van der Waals surface area contributed by atoms with Gasteiger partial charge in [0.05, 0.1) is 5.41 Å². The van der Waals surface area contributed by atoms with Crippen molar-refractivity contribution in [1.82, 2.24) is 5.32 Å². The summed E-state index contributed by atoms with van der Waals surface area (Å²) >= 11 is 0. The summed E-state index contributed by atoms with van der Waals surface area (Å²) in [5.74, 6) is -0.0502. The van der Waals surface area contributed by atoms with Crippen molar-refractivity contribution in [2.45, 2.75) is 40.5 Å². The van der Waals surface area contributed by atoms with E-state index in [-0.39, 0.29) is 0 Å². The molecule has 84 valence electrons. The zero-order valence-electron chi connectivity index (χ0n) is 9.76. The molecule has 0 aliphatic carbocycles. The summed E-state index contributed by atoms with van der Waals surface area (Å²) < 4.78 is 0. The quantitative estimate of drug-likeness (QED) is 0.620. The number of rotatable bonds is 7. The van der Waals surface area contributed by atoms with Gasteiger partial charge in [0.15, 0.2) is 0 Å². The van der Waals surface area contributed by atoms with Gasteiger partial charge in [0, 0.05) is 0 Å². The van der Waals surface area contributed by atoms with E-state index >= 15 is 0 Å². The third-order valence-electron chi connectivity index (χ3n) is 2.70. The Morgan fingerprint density at radius 2 is 2.07 bits per heavy atom. The van der Waals surface area contributed by atoms with Gasteiger partial charge in [0.1, 0.15) is 0 Å². The Morgan fingerprint density at radius 1 is 1.50 bits per heavy atom. The van der Waals surface area contributed by atoms with Gasteiger partial charge in [-0.15, -0.1) is 0 Å². The highest BCUT2D eigenvalue weighted by Crippen LogP contribution is 2.19. The maximum absolute atomic E-state index is 10.8. The molecule has 3 nitrogen and oxygen atoms in total. The van der Waals surface area contributed by atoms with Gasteiger partial charge in [0.25, 0.3) is 0 Å². The van der Waals surface area contributed by atoms with Gasteiger partial charge in [-0.2, -0.15) is 0 Å². The standard InChI is InChI=1S/C11H23NO2/c1-5-9(2)8-12-7-6-11(3,4)10(13)14/h9,12H,5-8H2,1-4H3,(H,13,14). The van der Waals surface area contributed by atoms with Crippen LogP contribution in [0.4, 0.5) is 0 Å². The molecule has 0 saturated carbocycles. The van der Waals surface area contributed by atoms with Gasteiger partial charge < -0.3 is 10.4 Å². The van der Waals surface area contributed by atoms with E-state index in [9.17, 15) is 4.79 Å². The second kappa shape index (κ2) is 6.02. The largest absolute Gasteiger partial charge is 0.481 e. The molecular weight excluding hydrogens is 178 g/mol. The second-order valence-corrected chi connectivity index (χ2v) is 4.66. The van der Waals surface area contributed by atoms with E-state index in [1.54, 1.807) is 13.8 Å². The first kappa shape index (κ1) is 13.4. The number of hydrogen-bond acceptors (Lipinski definition) is 2. The maximum Gasteiger partial charge on any atom is 0.309 e. The fourth-order valence-electron chi connectivity index (χ4n) is 1.00. The summed E-state index contributed by atoms with van der Waals surface area (Å²) in [6.07, 6.45) is 1.84. The molecule has 1 atom stereocenters. The molecule has 0 aromatic heterocycles. The van der Waals surface area contributed by atoms with Gasteiger partial charge in [-0.1, -0.05) is 20.3 Å². The van der Waals surface area contributed by atoms with Crippen LogP contribution in [0.2, 0.25) is 0 Å². The van der Waals surface area contributed by atoms with Crippen LogP contribution in [0.15, 0.2) is 0 Å². The monoisotopic (exact) mass is 201 g/mol. The molecule has 0 bridgehead atoms. The summed E-state index contributed by atoms with van der Waals surface area (Å²) in [6, 6.07) is 0. The first-order valence-corrected chi connectivity index (χ1v) is 5.34. The molecule has 0 rings (SSSR count). The van der Waals surface area contributed by atoms with Crippen molar-refractivity contribution in [3.05, 3.63) is 0 Å². The Morgan fingerprint density at radius 3 is 2.50 bits per heavy atom. The van der Waals surface area contributed by atoms with Crippen molar-refractivity contribution >= 4 is 5.97 Å². The lowest BCUT2D eigenvalue weighted by molar-refractivity contribution is -0.147. The topological polar surface area (TPSA) is 49.3 Å². The van der Waals surface area contributed by atoms with Crippen LogP contribution in [-0.4, -0.2) is 24.2 Å². The SMILES string of the molecule is CCC(C)CNCCC(C)(C)C(=O)O. The highest BCUT2D eigenvalue weighted by molar-refractivity contribution is 5.73. The lowest BCUT2D eigenvalue weighted by Gasteiger charge is -2.19. The maximum atomic E-state index is 10.8. The van der Waals surface area contributed by atoms with Crippen LogP contribution in [0.5, 0.6) is 0 Å². The highest BCUT2D eigenvalue weighted by atomic mass is 16.4. The molecule has 0 radical (unpaired) electrons. The van der Waals surface area contributed by atoms with Crippen molar-refractivity contribution in [3.63, 3.8) is 0 Å². The van der Waals surface area contributed by atoms with Crippen LogP contribution in [0.3, 0.4) is 0 Å². The van der Waals surface area contributed by atoms with Crippen molar-refractivity contribution in [1.29, 1.82) is 0 Å². The highest BCUT2D eigenvalue weighted by Gasteiger charge is 2.25. The Hall–Kier alpha value is -0.570. The second-order valence-electron chi connectivity index (χ2n) is 4.66. The third kappa shape index (κ3) is 5.22. The molecule has 0 amide bonds. The lowest BCUT2D eigenvalue weighted by atomic mass is 9.89. The Bertz CT molecular complexity index is 178. The van der Waals surface area contributed by atoms with Crippen LogP contribution < -0.4 is 5.32 Å². The lowest BCUT2D eigenvalue weighted by Crippen LogP contribution is -2.30. The average molecular weight is 201 g/mol. The number of carboxylic acids is 1. The molecule has 1 unspecified atom stereocenters. The van der Waals surface area contributed by atoms with Crippen LogP contribution in [0.1, 0.15) is 40.5 Å². The zero-order valence-corrected chi connectivity index (χ0v) is 9.76. The van der Waals surface area contributed by atoms with E-state index in [0.29, 0.717) is 12.3 Å². The Balaban J connectivity index is 3.59. The van der Waals surface area contributed by atoms with Gasteiger partial charge >= 0.3 is 5.97 Å². The average Bonchev–Trinajstić information content (AvgIpc) is 2.11. The molecule has 2 N–H and O–H groups in total. The van der Waals surface area contributed by atoms with Crippen LogP contribution in [0.25, 0.3) is 0 Å². The number of carboxylic acid groups (broad SMARTS) is 1. The van der Waals surface area contributed by atoms with Crippen molar-refractivity contribution < 1.29 is 9.90 Å². The van der Waals surface area contributed by atoms with Crippen LogP contribution in [-0.2, 0) is 4.79 Å². The van der Waals surface area contributed by atoms with Crippen molar-refractivity contribution in [2.24, 2.45) is 11.3 Å². The van der Waals surface area contributed by atoms with E-state index < -0.39 is 11.4 Å². The number of nitrogens with one attached hydrogen (secondary N) is 1. The Kier molecular flexibility index (Phi) is 5.77. The summed E-state index contributed by atoms with van der Waals surface area (Å²) in [6.45, 7) is 9.64. The van der Waals surface area contributed by atoms with Gasteiger partial charge in [-0.05, 0) is 39.3 Å². The van der Waals surface area contributed by atoms with Crippen molar-refractivity contribution in [3.8, 4) is 0 Å². The summed E-state index contributed by atoms with van der Waals surface area (Å²) in [5.41, 5.74) is -0.609. The molecule has 0 heterocycles. The molecule has 14 heavy (non-hydrogen) atoms. The number of hydrogen-bond donors (Lipinski definition) is 2. The summed E-state index contributed by atoms with van der Waals surface area (Å²) in [5, 5.41) is 12.2. The molecule has 0 spiro atoms. The predicted molar refractivity (Wildman–Crippen MR) is 58.4 cm³/mol. The van der Waals surface area contributed by atoms with Crippen LogP contribution >= 0.6 is 0 Å². The molecule has 0 saturated heterocycles.